The first-order valence-electron chi connectivity index (χ1n) is 6.92. The van der Waals surface area contributed by atoms with E-state index in [1.54, 1.807) is 32.9 Å². The fourth-order valence-corrected chi connectivity index (χ4v) is 1.51. The molecule has 0 fully saturated rings. The summed E-state index contributed by atoms with van der Waals surface area (Å²) in [6, 6.07) is 5.54. The Morgan fingerprint density at radius 2 is 1.77 bits per heavy atom. The summed E-state index contributed by atoms with van der Waals surface area (Å²) in [5.41, 5.74) is 0.398. The van der Waals surface area contributed by atoms with Gasteiger partial charge in [0.2, 0.25) is 0 Å². The van der Waals surface area contributed by atoms with Crippen molar-refractivity contribution in [2.75, 3.05) is 13.2 Å². The van der Waals surface area contributed by atoms with E-state index in [0.29, 0.717) is 17.9 Å². The number of hydrogen-bond acceptors (Lipinski definition) is 5. The fraction of sp³-hybridized carbons (Fsp3) is 0.400. The highest BCUT2D eigenvalue weighted by Gasteiger charge is 2.10. The van der Waals surface area contributed by atoms with E-state index in [-0.39, 0.29) is 12.6 Å². The van der Waals surface area contributed by atoms with Crippen molar-refractivity contribution in [1.82, 2.24) is 10.6 Å². The van der Waals surface area contributed by atoms with E-state index in [4.69, 9.17) is 9.47 Å². The average molecular weight is 308 g/mol. The Morgan fingerprint density at radius 1 is 1.14 bits per heavy atom. The predicted molar refractivity (Wildman–Crippen MR) is 79.7 cm³/mol. The van der Waals surface area contributed by atoms with Gasteiger partial charge in [-0.3, -0.25) is 10.1 Å². The summed E-state index contributed by atoms with van der Waals surface area (Å²) in [5.74, 6) is -0.572. The van der Waals surface area contributed by atoms with Crippen LogP contribution in [0.4, 0.5) is 4.79 Å². The van der Waals surface area contributed by atoms with Gasteiger partial charge in [0.1, 0.15) is 5.75 Å². The number of carbonyl (C=O) groups excluding carboxylic acids is 3. The number of nitrogens with one attached hydrogen (secondary N) is 2. The van der Waals surface area contributed by atoms with Crippen LogP contribution in [0.15, 0.2) is 24.3 Å². The summed E-state index contributed by atoms with van der Waals surface area (Å²) >= 11 is 0. The second-order valence-corrected chi connectivity index (χ2v) is 4.71. The number of rotatable bonds is 6. The maximum Gasteiger partial charge on any atom is 0.338 e. The molecule has 7 nitrogen and oxygen atoms in total. The van der Waals surface area contributed by atoms with Gasteiger partial charge in [-0.2, -0.15) is 0 Å². The summed E-state index contributed by atoms with van der Waals surface area (Å²) < 4.78 is 10.1. The van der Waals surface area contributed by atoms with Crippen molar-refractivity contribution in [2.24, 2.45) is 0 Å². The number of amides is 3. The second kappa shape index (κ2) is 8.66. The maximum absolute atomic E-state index is 11.5. The zero-order valence-corrected chi connectivity index (χ0v) is 12.8. The summed E-state index contributed by atoms with van der Waals surface area (Å²) in [4.78, 5) is 34.3. The number of benzene rings is 1. The van der Waals surface area contributed by atoms with E-state index in [0.717, 1.165) is 0 Å². The Bertz CT molecular complexity index is 525. The Balaban J connectivity index is 2.43. The van der Waals surface area contributed by atoms with E-state index >= 15 is 0 Å². The van der Waals surface area contributed by atoms with Crippen molar-refractivity contribution in [1.29, 1.82) is 0 Å². The zero-order chi connectivity index (χ0) is 16.5. The van der Waals surface area contributed by atoms with Crippen molar-refractivity contribution < 1.29 is 23.9 Å². The fourth-order valence-electron chi connectivity index (χ4n) is 1.51. The van der Waals surface area contributed by atoms with E-state index in [1.807, 2.05) is 0 Å². The molecule has 2 N–H and O–H groups in total. The lowest BCUT2D eigenvalue weighted by atomic mass is 10.2. The van der Waals surface area contributed by atoms with Crippen molar-refractivity contribution in [3.63, 3.8) is 0 Å². The monoisotopic (exact) mass is 308 g/mol. The lowest BCUT2D eigenvalue weighted by Gasteiger charge is -2.10. The first-order chi connectivity index (χ1) is 10.4. The summed E-state index contributed by atoms with van der Waals surface area (Å²) in [6.07, 6.45) is 0. The topological polar surface area (TPSA) is 93.7 Å². The van der Waals surface area contributed by atoms with Crippen LogP contribution in [-0.2, 0) is 9.53 Å². The van der Waals surface area contributed by atoms with Crippen LogP contribution in [0.5, 0.6) is 5.75 Å². The molecule has 0 atom stereocenters. The molecular formula is C15H20N2O5. The van der Waals surface area contributed by atoms with Gasteiger partial charge in [0.05, 0.1) is 12.2 Å². The molecule has 1 aromatic carbocycles. The molecule has 3 amide bonds. The SMILES string of the molecule is CCOC(=O)c1ccc(OCC(=O)NC(=O)NC(C)C)cc1. The van der Waals surface area contributed by atoms with Gasteiger partial charge >= 0.3 is 12.0 Å². The van der Waals surface area contributed by atoms with Gasteiger partial charge in [0.25, 0.3) is 5.91 Å². The minimum atomic E-state index is -0.568. The Morgan fingerprint density at radius 3 is 2.32 bits per heavy atom. The zero-order valence-electron chi connectivity index (χ0n) is 12.8. The quantitative estimate of drug-likeness (QED) is 0.776. The second-order valence-electron chi connectivity index (χ2n) is 4.71. The van der Waals surface area contributed by atoms with Crippen LogP contribution in [0.1, 0.15) is 31.1 Å². The predicted octanol–water partition coefficient (Wildman–Crippen LogP) is 1.48. The number of esters is 1. The molecule has 22 heavy (non-hydrogen) atoms. The number of imide groups is 1. The molecule has 1 aromatic rings. The maximum atomic E-state index is 11.5. The van der Waals surface area contributed by atoms with Crippen LogP contribution in [0.25, 0.3) is 0 Å². The van der Waals surface area contributed by atoms with Gasteiger partial charge < -0.3 is 14.8 Å². The lowest BCUT2D eigenvalue weighted by molar-refractivity contribution is -0.122. The molecule has 0 spiro atoms. The molecule has 0 aliphatic heterocycles. The Kier molecular flexibility index (Phi) is 6.88. The third-order valence-corrected chi connectivity index (χ3v) is 2.41. The van der Waals surface area contributed by atoms with Crippen molar-refractivity contribution in [3.8, 4) is 5.75 Å². The third-order valence-electron chi connectivity index (χ3n) is 2.41. The van der Waals surface area contributed by atoms with Crippen LogP contribution < -0.4 is 15.4 Å². The third kappa shape index (κ3) is 6.25. The van der Waals surface area contributed by atoms with Crippen molar-refractivity contribution >= 4 is 17.9 Å². The van der Waals surface area contributed by atoms with E-state index in [1.165, 1.54) is 12.1 Å². The normalized spacial score (nSPS) is 10.0. The van der Waals surface area contributed by atoms with Crippen molar-refractivity contribution in [3.05, 3.63) is 29.8 Å². The number of carbonyl (C=O) groups is 3. The minimum absolute atomic E-state index is 0.0656. The first kappa shape index (κ1) is 17.5. The number of ether oxygens (including phenoxy) is 2. The highest BCUT2D eigenvalue weighted by Crippen LogP contribution is 2.12. The molecule has 0 radical (unpaired) electrons. The molecule has 0 heterocycles. The molecule has 0 unspecified atom stereocenters. The van der Waals surface area contributed by atoms with Crippen LogP contribution >= 0.6 is 0 Å². The van der Waals surface area contributed by atoms with Crippen LogP contribution in [-0.4, -0.2) is 37.2 Å². The van der Waals surface area contributed by atoms with Gasteiger partial charge in [-0.05, 0) is 45.0 Å². The van der Waals surface area contributed by atoms with Crippen molar-refractivity contribution in [2.45, 2.75) is 26.8 Å². The smallest absolute Gasteiger partial charge is 0.338 e. The first-order valence-corrected chi connectivity index (χ1v) is 6.92. The van der Waals surface area contributed by atoms with Gasteiger partial charge in [-0.15, -0.1) is 0 Å². The van der Waals surface area contributed by atoms with Crippen LogP contribution in [0.2, 0.25) is 0 Å². The van der Waals surface area contributed by atoms with Crippen LogP contribution in [0, 0.1) is 0 Å². The van der Waals surface area contributed by atoms with Gasteiger partial charge in [-0.25, -0.2) is 9.59 Å². The summed E-state index contributed by atoms with van der Waals surface area (Å²) in [6.45, 7) is 5.29. The molecule has 0 saturated carbocycles. The molecule has 0 aromatic heterocycles. The summed E-state index contributed by atoms with van der Waals surface area (Å²) in [5, 5.41) is 4.67. The van der Waals surface area contributed by atoms with Gasteiger partial charge in [-0.1, -0.05) is 0 Å². The largest absolute Gasteiger partial charge is 0.484 e. The molecular weight excluding hydrogens is 288 g/mol. The van der Waals surface area contributed by atoms with Gasteiger partial charge in [0.15, 0.2) is 6.61 Å². The molecule has 0 bridgehead atoms. The van der Waals surface area contributed by atoms with Gasteiger partial charge in [0, 0.05) is 6.04 Å². The molecule has 7 heteroatoms. The standard InChI is InChI=1S/C15H20N2O5/c1-4-21-14(19)11-5-7-12(8-6-11)22-9-13(18)17-15(20)16-10(2)3/h5-8,10H,4,9H2,1-3H3,(H2,16,17,18,20). The van der Waals surface area contributed by atoms with E-state index in [2.05, 4.69) is 10.6 Å². The highest BCUT2D eigenvalue weighted by atomic mass is 16.5. The number of hydrogen-bond donors (Lipinski definition) is 2. The lowest BCUT2D eigenvalue weighted by Crippen LogP contribution is -2.44. The summed E-state index contributed by atoms with van der Waals surface area (Å²) in [7, 11) is 0. The molecule has 0 saturated heterocycles. The molecule has 1 rings (SSSR count). The highest BCUT2D eigenvalue weighted by molar-refractivity contribution is 5.95. The average Bonchev–Trinajstić information content (AvgIpc) is 2.45. The molecule has 0 aliphatic carbocycles. The Labute approximate surface area is 129 Å². The van der Waals surface area contributed by atoms with E-state index in [9.17, 15) is 14.4 Å². The van der Waals surface area contributed by atoms with Crippen LogP contribution in [0.3, 0.4) is 0 Å². The molecule has 120 valence electrons. The molecule has 0 aliphatic rings. The van der Waals surface area contributed by atoms with E-state index < -0.39 is 17.9 Å². The minimum Gasteiger partial charge on any atom is -0.484 e. The number of urea groups is 1. The Hall–Kier alpha value is -2.57.